The van der Waals surface area contributed by atoms with Crippen LogP contribution in [0.2, 0.25) is 0 Å². The number of aromatic nitrogens is 3. The van der Waals surface area contributed by atoms with Crippen LogP contribution in [0.4, 0.5) is 5.82 Å². The van der Waals surface area contributed by atoms with Crippen LogP contribution in [0.15, 0.2) is 0 Å². The molecule has 1 saturated carbocycles. The van der Waals surface area contributed by atoms with Crippen molar-refractivity contribution in [2.75, 3.05) is 5.32 Å². The third kappa shape index (κ3) is 2.49. The van der Waals surface area contributed by atoms with E-state index in [2.05, 4.69) is 27.7 Å². The lowest BCUT2D eigenvalue weighted by Gasteiger charge is -2.27. The molecule has 2 atom stereocenters. The summed E-state index contributed by atoms with van der Waals surface area (Å²) < 4.78 is 0. The quantitative estimate of drug-likeness (QED) is 0.732. The van der Waals surface area contributed by atoms with Crippen molar-refractivity contribution in [3.8, 4) is 0 Å². The standard InChI is InChI=1S/C11H17N5O2/c1-6-4-2-3-5-7(6)11(18)13-10-8(9(12)17)14-16-15-10/h6-7H,2-5H2,1H3,(H2,12,17)(H2,13,14,15,16,18). The molecule has 1 heterocycles. The fourth-order valence-corrected chi connectivity index (χ4v) is 2.41. The van der Waals surface area contributed by atoms with Crippen molar-refractivity contribution in [3.63, 3.8) is 0 Å². The third-order valence-electron chi connectivity index (χ3n) is 3.47. The molecule has 0 aromatic carbocycles. The number of carbonyl (C=O) groups excluding carboxylic acids is 2. The Morgan fingerprint density at radius 2 is 2.06 bits per heavy atom. The summed E-state index contributed by atoms with van der Waals surface area (Å²) in [6.07, 6.45) is 4.15. The number of carbonyl (C=O) groups is 2. The zero-order chi connectivity index (χ0) is 13.1. The van der Waals surface area contributed by atoms with Gasteiger partial charge in [0.2, 0.25) is 5.91 Å². The molecular formula is C11H17N5O2. The highest BCUT2D eigenvalue weighted by Gasteiger charge is 2.29. The zero-order valence-corrected chi connectivity index (χ0v) is 10.3. The topological polar surface area (TPSA) is 114 Å². The van der Waals surface area contributed by atoms with Gasteiger partial charge < -0.3 is 11.1 Å². The van der Waals surface area contributed by atoms with Gasteiger partial charge in [-0.15, -0.1) is 10.2 Å². The monoisotopic (exact) mass is 251 g/mol. The molecule has 0 saturated heterocycles. The van der Waals surface area contributed by atoms with Crippen molar-refractivity contribution in [2.45, 2.75) is 32.6 Å². The van der Waals surface area contributed by atoms with Crippen molar-refractivity contribution in [1.29, 1.82) is 0 Å². The first-order valence-electron chi connectivity index (χ1n) is 6.11. The normalized spacial score (nSPS) is 23.6. The number of H-pyrrole nitrogens is 1. The summed E-state index contributed by atoms with van der Waals surface area (Å²) in [5.41, 5.74) is 5.09. The maximum absolute atomic E-state index is 12.1. The van der Waals surface area contributed by atoms with E-state index in [0.717, 1.165) is 19.3 Å². The Hall–Kier alpha value is -1.92. The third-order valence-corrected chi connectivity index (χ3v) is 3.47. The first-order chi connectivity index (χ1) is 8.59. The van der Waals surface area contributed by atoms with Gasteiger partial charge in [-0.2, -0.15) is 5.21 Å². The number of nitrogens with one attached hydrogen (secondary N) is 2. The van der Waals surface area contributed by atoms with E-state index in [1.54, 1.807) is 0 Å². The van der Waals surface area contributed by atoms with Gasteiger partial charge in [-0.05, 0) is 18.8 Å². The van der Waals surface area contributed by atoms with Crippen LogP contribution >= 0.6 is 0 Å². The molecule has 2 rings (SSSR count). The summed E-state index contributed by atoms with van der Waals surface area (Å²) in [7, 11) is 0. The number of rotatable bonds is 3. The van der Waals surface area contributed by atoms with Gasteiger partial charge in [0.05, 0.1) is 0 Å². The molecule has 1 aliphatic carbocycles. The number of hydrogen-bond donors (Lipinski definition) is 3. The Labute approximate surface area is 105 Å². The second kappa shape index (κ2) is 5.16. The second-order valence-electron chi connectivity index (χ2n) is 4.74. The van der Waals surface area contributed by atoms with Gasteiger partial charge in [0.1, 0.15) is 0 Å². The summed E-state index contributed by atoms with van der Waals surface area (Å²) in [4.78, 5) is 23.2. The molecule has 4 N–H and O–H groups in total. The predicted molar refractivity (Wildman–Crippen MR) is 64.7 cm³/mol. The second-order valence-corrected chi connectivity index (χ2v) is 4.74. The highest BCUT2D eigenvalue weighted by atomic mass is 16.2. The smallest absolute Gasteiger partial charge is 0.273 e. The van der Waals surface area contributed by atoms with Crippen molar-refractivity contribution in [1.82, 2.24) is 15.4 Å². The van der Waals surface area contributed by atoms with Crippen molar-refractivity contribution in [2.24, 2.45) is 17.6 Å². The SMILES string of the molecule is CC1CCCCC1C(=O)Nc1n[nH]nc1C(N)=O. The molecule has 0 aliphatic heterocycles. The van der Waals surface area contributed by atoms with E-state index >= 15 is 0 Å². The summed E-state index contributed by atoms with van der Waals surface area (Å²) in [6, 6.07) is 0. The lowest BCUT2D eigenvalue weighted by Crippen LogP contribution is -2.31. The molecule has 7 nitrogen and oxygen atoms in total. The largest absolute Gasteiger partial charge is 0.364 e. The molecule has 7 heteroatoms. The number of amides is 2. The zero-order valence-electron chi connectivity index (χ0n) is 10.3. The molecule has 1 aromatic heterocycles. The molecule has 1 aliphatic rings. The fourth-order valence-electron chi connectivity index (χ4n) is 2.41. The first kappa shape index (κ1) is 12.5. The first-order valence-corrected chi connectivity index (χ1v) is 6.11. The molecule has 2 amide bonds. The van der Waals surface area contributed by atoms with E-state index < -0.39 is 5.91 Å². The van der Waals surface area contributed by atoms with E-state index in [4.69, 9.17) is 5.73 Å². The van der Waals surface area contributed by atoms with Gasteiger partial charge in [-0.3, -0.25) is 9.59 Å². The van der Waals surface area contributed by atoms with Gasteiger partial charge >= 0.3 is 0 Å². The molecule has 1 aromatic rings. The summed E-state index contributed by atoms with van der Waals surface area (Å²) in [5.74, 6) is -0.390. The van der Waals surface area contributed by atoms with Gasteiger partial charge in [0.25, 0.3) is 5.91 Å². The van der Waals surface area contributed by atoms with Crippen LogP contribution in [0.5, 0.6) is 0 Å². The fraction of sp³-hybridized carbons (Fsp3) is 0.636. The summed E-state index contributed by atoms with van der Waals surface area (Å²) >= 11 is 0. The number of primary amides is 1. The Kier molecular flexibility index (Phi) is 3.59. The maximum atomic E-state index is 12.1. The average Bonchev–Trinajstić information content (AvgIpc) is 2.77. The van der Waals surface area contributed by atoms with Gasteiger partial charge in [-0.25, -0.2) is 0 Å². The van der Waals surface area contributed by atoms with Crippen LogP contribution < -0.4 is 11.1 Å². The Morgan fingerprint density at radius 3 is 2.72 bits per heavy atom. The van der Waals surface area contributed by atoms with E-state index in [9.17, 15) is 9.59 Å². The van der Waals surface area contributed by atoms with Crippen LogP contribution in [0.3, 0.4) is 0 Å². The van der Waals surface area contributed by atoms with Crippen LogP contribution in [0.25, 0.3) is 0 Å². The minimum absolute atomic E-state index is 0.0313. The lowest BCUT2D eigenvalue weighted by atomic mass is 9.80. The minimum atomic E-state index is -0.712. The summed E-state index contributed by atoms with van der Waals surface area (Å²) in [6.45, 7) is 2.07. The van der Waals surface area contributed by atoms with Gasteiger partial charge in [-0.1, -0.05) is 19.8 Å². The van der Waals surface area contributed by atoms with E-state index in [1.807, 2.05) is 0 Å². The molecule has 0 bridgehead atoms. The van der Waals surface area contributed by atoms with Crippen LogP contribution in [-0.2, 0) is 4.79 Å². The highest BCUT2D eigenvalue weighted by Crippen LogP contribution is 2.30. The number of anilines is 1. The van der Waals surface area contributed by atoms with Crippen LogP contribution in [-0.4, -0.2) is 27.2 Å². The maximum Gasteiger partial charge on any atom is 0.273 e. The van der Waals surface area contributed by atoms with E-state index in [1.165, 1.54) is 6.42 Å². The van der Waals surface area contributed by atoms with Crippen molar-refractivity contribution >= 4 is 17.6 Å². The molecule has 98 valence electrons. The molecule has 0 spiro atoms. The number of nitrogens with two attached hydrogens (primary N) is 1. The summed E-state index contributed by atoms with van der Waals surface area (Å²) in [5, 5.41) is 12.2. The van der Waals surface area contributed by atoms with Crippen molar-refractivity contribution in [3.05, 3.63) is 5.69 Å². The Bertz CT molecular complexity index is 456. The van der Waals surface area contributed by atoms with Gasteiger partial charge in [0, 0.05) is 5.92 Å². The number of hydrogen-bond acceptors (Lipinski definition) is 4. The lowest BCUT2D eigenvalue weighted by molar-refractivity contribution is -0.122. The minimum Gasteiger partial charge on any atom is -0.364 e. The average molecular weight is 251 g/mol. The van der Waals surface area contributed by atoms with E-state index in [0.29, 0.717) is 5.92 Å². The predicted octanol–water partition coefficient (Wildman–Crippen LogP) is 0.668. The molecule has 2 unspecified atom stereocenters. The number of aromatic amines is 1. The van der Waals surface area contributed by atoms with Crippen LogP contribution in [0.1, 0.15) is 43.1 Å². The molecule has 0 radical (unpaired) electrons. The highest BCUT2D eigenvalue weighted by molar-refractivity contribution is 6.00. The Balaban J connectivity index is 2.06. The van der Waals surface area contributed by atoms with Crippen molar-refractivity contribution < 1.29 is 9.59 Å². The molecular weight excluding hydrogens is 234 g/mol. The van der Waals surface area contributed by atoms with Crippen LogP contribution in [0, 0.1) is 11.8 Å². The molecule has 18 heavy (non-hydrogen) atoms. The van der Waals surface area contributed by atoms with Gasteiger partial charge in [0.15, 0.2) is 11.5 Å². The Morgan fingerprint density at radius 1 is 1.33 bits per heavy atom. The van der Waals surface area contributed by atoms with E-state index in [-0.39, 0.29) is 23.3 Å². The number of nitrogens with zero attached hydrogens (tertiary/aromatic N) is 2. The molecule has 1 fully saturated rings.